The molecule has 0 fully saturated rings. The summed E-state index contributed by atoms with van der Waals surface area (Å²) in [6, 6.07) is 7.68. The van der Waals surface area contributed by atoms with Gasteiger partial charge < -0.3 is 5.73 Å². The maximum absolute atomic E-state index is 6.22. The zero-order valence-electron chi connectivity index (χ0n) is 10.2. The second kappa shape index (κ2) is 5.73. The van der Waals surface area contributed by atoms with Gasteiger partial charge in [-0.15, -0.1) is 5.10 Å². The zero-order valence-corrected chi connectivity index (χ0v) is 11.8. The summed E-state index contributed by atoms with van der Waals surface area (Å²) in [5.41, 5.74) is 7.06. The third-order valence-electron chi connectivity index (χ3n) is 2.50. The van der Waals surface area contributed by atoms with Crippen molar-refractivity contribution in [1.82, 2.24) is 15.2 Å². The van der Waals surface area contributed by atoms with Gasteiger partial charge in [0.1, 0.15) is 5.82 Å². The number of aromatic amines is 1. The summed E-state index contributed by atoms with van der Waals surface area (Å²) < 4.78 is 0. The normalized spacial score (nSPS) is 14.4. The number of hydrogen-bond donors (Lipinski definition) is 2. The van der Waals surface area contributed by atoms with Crippen LogP contribution in [-0.4, -0.2) is 21.2 Å². The van der Waals surface area contributed by atoms with Crippen LogP contribution in [-0.2, 0) is 0 Å². The Kier molecular flexibility index (Phi) is 4.27. The fourth-order valence-corrected chi connectivity index (χ4v) is 3.03. The monoisotopic (exact) mass is 282 g/mol. The minimum atomic E-state index is -0.0475. The molecule has 2 unspecified atom stereocenters. The largest absolute Gasteiger partial charge is 0.327 e. The first kappa shape index (κ1) is 13.4. The van der Waals surface area contributed by atoms with E-state index in [1.54, 1.807) is 0 Å². The number of nitrogens with zero attached hydrogens (tertiary/aromatic N) is 2. The van der Waals surface area contributed by atoms with Gasteiger partial charge in [-0.05, 0) is 25.5 Å². The van der Waals surface area contributed by atoms with Gasteiger partial charge in [-0.3, -0.25) is 5.10 Å². The summed E-state index contributed by atoms with van der Waals surface area (Å²) in [6.07, 6.45) is 0. The van der Waals surface area contributed by atoms with Crippen molar-refractivity contribution < 1.29 is 0 Å². The van der Waals surface area contributed by atoms with E-state index >= 15 is 0 Å². The molecule has 0 saturated carbocycles. The van der Waals surface area contributed by atoms with Gasteiger partial charge in [-0.2, -0.15) is 0 Å². The first-order chi connectivity index (χ1) is 8.58. The Morgan fingerprint density at radius 1 is 1.39 bits per heavy atom. The lowest BCUT2D eigenvalue weighted by Gasteiger charge is -2.20. The van der Waals surface area contributed by atoms with Crippen molar-refractivity contribution in [2.45, 2.75) is 30.3 Å². The molecular weight excluding hydrogens is 268 g/mol. The van der Waals surface area contributed by atoms with E-state index in [1.165, 1.54) is 11.8 Å². The molecule has 3 N–H and O–H groups in total. The molecule has 1 heterocycles. The minimum Gasteiger partial charge on any atom is -0.327 e. The van der Waals surface area contributed by atoms with E-state index in [4.69, 9.17) is 17.3 Å². The number of nitrogens with two attached hydrogens (primary N) is 1. The number of aromatic nitrogens is 3. The lowest BCUT2D eigenvalue weighted by atomic mass is 10.1. The van der Waals surface area contributed by atoms with Crippen LogP contribution < -0.4 is 5.73 Å². The molecule has 4 nitrogen and oxygen atoms in total. The van der Waals surface area contributed by atoms with E-state index in [2.05, 4.69) is 15.2 Å². The number of hydrogen-bond acceptors (Lipinski definition) is 4. The summed E-state index contributed by atoms with van der Waals surface area (Å²) >= 11 is 7.74. The molecule has 96 valence electrons. The number of rotatable bonds is 4. The summed E-state index contributed by atoms with van der Waals surface area (Å²) in [7, 11) is 0. The van der Waals surface area contributed by atoms with Gasteiger partial charge in [-0.1, -0.05) is 41.6 Å². The van der Waals surface area contributed by atoms with E-state index in [9.17, 15) is 0 Å². The van der Waals surface area contributed by atoms with Gasteiger partial charge in [0, 0.05) is 11.1 Å². The summed E-state index contributed by atoms with van der Waals surface area (Å²) in [4.78, 5) is 4.29. The summed E-state index contributed by atoms with van der Waals surface area (Å²) in [6.45, 7) is 3.83. The van der Waals surface area contributed by atoms with Crippen LogP contribution in [0.2, 0.25) is 5.02 Å². The molecule has 0 aliphatic rings. The van der Waals surface area contributed by atoms with Crippen molar-refractivity contribution in [3.8, 4) is 0 Å². The van der Waals surface area contributed by atoms with Crippen molar-refractivity contribution in [1.29, 1.82) is 0 Å². The highest BCUT2D eigenvalue weighted by molar-refractivity contribution is 7.99. The Balaban J connectivity index is 2.27. The molecule has 2 rings (SSSR count). The van der Waals surface area contributed by atoms with Crippen LogP contribution in [0, 0.1) is 6.92 Å². The smallest absolute Gasteiger partial charge is 0.209 e. The molecule has 2 atom stereocenters. The lowest BCUT2D eigenvalue weighted by Crippen LogP contribution is -2.23. The average molecular weight is 283 g/mol. The Labute approximate surface area is 115 Å². The predicted molar refractivity (Wildman–Crippen MR) is 74.8 cm³/mol. The van der Waals surface area contributed by atoms with E-state index < -0.39 is 0 Å². The van der Waals surface area contributed by atoms with Crippen molar-refractivity contribution in [3.63, 3.8) is 0 Å². The predicted octanol–water partition coefficient (Wildman–Crippen LogP) is 2.95. The third-order valence-corrected chi connectivity index (χ3v) is 4.17. The van der Waals surface area contributed by atoms with Crippen molar-refractivity contribution in [2.24, 2.45) is 5.73 Å². The number of benzene rings is 1. The fourth-order valence-electron chi connectivity index (χ4n) is 1.65. The van der Waals surface area contributed by atoms with Crippen molar-refractivity contribution >= 4 is 23.4 Å². The molecule has 6 heteroatoms. The number of thioether (sulfide) groups is 1. The van der Waals surface area contributed by atoms with Crippen LogP contribution >= 0.6 is 23.4 Å². The maximum atomic E-state index is 6.22. The van der Waals surface area contributed by atoms with Gasteiger partial charge in [0.2, 0.25) is 5.16 Å². The van der Waals surface area contributed by atoms with Crippen LogP contribution in [0.5, 0.6) is 0 Å². The molecular formula is C12H15ClN4S. The summed E-state index contributed by atoms with van der Waals surface area (Å²) in [5.74, 6) is 0.792. The highest BCUT2D eigenvalue weighted by Crippen LogP contribution is 2.38. The van der Waals surface area contributed by atoms with Crippen LogP contribution in [0.3, 0.4) is 0 Å². The lowest BCUT2D eigenvalue weighted by molar-refractivity contribution is 0.718. The molecule has 0 spiro atoms. The number of nitrogens with one attached hydrogen (secondary N) is 1. The molecule has 0 bridgehead atoms. The molecule has 0 aliphatic heterocycles. The highest BCUT2D eigenvalue weighted by Gasteiger charge is 2.21. The molecule has 18 heavy (non-hydrogen) atoms. The zero-order chi connectivity index (χ0) is 13.1. The van der Waals surface area contributed by atoms with Crippen LogP contribution in [0.1, 0.15) is 23.6 Å². The molecule has 0 amide bonds. The van der Waals surface area contributed by atoms with Crippen LogP contribution in [0.25, 0.3) is 0 Å². The fraction of sp³-hybridized carbons (Fsp3) is 0.333. The Bertz CT molecular complexity index is 526. The SMILES string of the molecule is Cc1nc(SC(c2ccccc2Cl)C(C)N)n[nH]1. The average Bonchev–Trinajstić information content (AvgIpc) is 2.73. The first-order valence-corrected chi connectivity index (χ1v) is 6.89. The van der Waals surface area contributed by atoms with Gasteiger partial charge in [0.25, 0.3) is 0 Å². The molecule has 2 aromatic rings. The van der Waals surface area contributed by atoms with Gasteiger partial charge in [0.05, 0.1) is 5.25 Å². The summed E-state index contributed by atoms with van der Waals surface area (Å²) in [5, 5.41) is 8.39. The Hall–Kier alpha value is -1.04. The second-order valence-electron chi connectivity index (χ2n) is 4.12. The standard InChI is InChI=1S/C12H15ClN4S/c1-7(14)11(9-5-3-4-6-10(9)13)18-12-15-8(2)16-17-12/h3-7,11H,14H2,1-2H3,(H,15,16,17). The number of halogens is 1. The highest BCUT2D eigenvalue weighted by atomic mass is 35.5. The quantitative estimate of drug-likeness (QED) is 0.846. The van der Waals surface area contributed by atoms with Gasteiger partial charge in [-0.25, -0.2) is 4.98 Å². The van der Waals surface area contributed by atoms with Crippen molar-refractivity contribution in [3.05, 3.63) is 40.7 Å². The maximum Gasteiger partial charge on any atom is 0.209 e. The number of aryl methyl sites for hydroxylation is 1. The Morgan fingerprint density at radius 3 is 2.67 bits per heavy atom. The molecule has 0 radical (unpaired) electrons. The van der Waals surface area contributed by atoms with Crippen LogP contribution in [0.4, 0.5) is 0 Å². The molecule has 0 aliphatic carbocycles. The van der Waals surface area contributed by atoms with E-state index in [0.717, 1.165) is 16.4 Å². The van der Waals surface area contributed by atoms with Crippen LogP contribution in [0.15, 0.2) is 29.4 Å². The molecule has 1 aromatic heterocycles. The third kappa shape index (κ3) is 3.04. The first-order valence-electron chi connectivity index (χ1n) is 5.63. The van der Waals surface area contributed by atoms with Gasteiger partial charge in [0.15, 0.2) is 0 Å². The molecule has 0 saturated heterocycles. The Morgan fingerprint density at radius 2 is 2.11 bits per heavy atom. The number of H-pyrrole nitrogens is 1. The minimum absolute atomic E-state index is 0.0360. The molecule has 1 aromatic carbocycles. The van der Waals surface area contributed by atoms with E-state index in [1.807, 2.05) is 38.1 Å². The van der Waals surface area contributed by atoms with E-state index in [-0.39, 0.29) is 11.3 Å². The van der Waals surface area contributed by atoms with Crippen molar-refractivity contribution in [2.75, 3.05) is 0 Å². The topological polar surface area (TPSA) is 67.6 Å². The van der Waals surface area contributed by atoms with E-state index in [0.29, 0.717) is 5.16 Å². The van der Waals surface area contributed by atoms with Gasteiger partial charge >= 0.3 is 0 Å². The second-order valence-corrected chi connectivity index (χ2v) is 5.64.